The van der Waals surface area contributed by atoms with E-state index in [1.54, 1.807) is 0 Å². The normalized spacial score (nSPS) is 77.7. The maximum atomic E-state index is 6.23. The van der Waals surface area contributed by atoms with E-state index >= 15 is 0 Å². The molecule has 0 radical (unpaired) electrons. The number of hydrogen-bond donors (Lipinski definition) is 0. The largest absolute Gasteiger partial charge is 0.375 e. The lowest BCUT2D eigenvalue weighted by atomic mass is 9.66. The lowest BCUT2D eigenvalue weighted by Gasteiger charge is -2.43. The molecule has 4 bridgehead atoms. The highest BCUT2D eigenvalue weighted by atomic mass is 16.6. The Morgan fingerprint density at radius 1 is 0.722 bits per heavy atom. The predicted molar refractivity (Wildman–Crippen MR) is 65.8 cm³/mol. The van der Waals surface area contributed by atoms with Crippen LogP contribution in [-0.2, 0) is 9.47 Å². The van der Waals surface area contributed by atoms with Crippen molar-refractivity contribution in [3.63, 3.8) is 0 Å². The van der Waals surface area contributed by atoms with Gasteiger partial charge in [-0.1, -0.05) is 6.92 Å². The predicted octanol–water partition coefficient (Wildman–Crippen LogP) is 2.33. The van der Waals surface area contributed by atoms with E-state index in [4.69, 9.17) is 9.47 Å². The molecule has 6 rings (SSSR count). The van der Waals surface area contributed by atoms with Crippen molar-refractivity contribution < 1.29 is 9.47 Å². The van der Waals surface area contributed by atoms with Crippen molar-refractivity contribution in [2.24, 2.45) is 47.3 Å². The standard InChI is InChI=1S/C16H22O2/c1-5-11-8-4-10-16(18-10)14(8)12(5)15-9-3-7(13(11)15)6(2)17-9/h5-16H,3-4H2,1-2H3. The molecule has 0 aromatic rings. The molecular formula is C16H22O2. The third-order valence-corrected chi connectivity index (χ3v) is 7.91. The maximum absolute atomic E-state index is 6.23. The van der Waals surface area contributed by atoms with Crippen molar-refractivity contribution in [2.45, 2.75) is 51.1 Å². The van der Waals surface area contributed by atoms with Gasteiger partial charge in [0.15, 0.2) is 0 Å². The third-order valence-electron chi connectivity index (χ3n) is 7.91. The van der Waals surface area contributed by atoms with Crippen LogP contribution in [0.1, 0.15) is 26.7 Å². The summed E-state index contributed by atoms with van der Waals surface area (Å²) in [6, 6.07) is 0. The first-order valence-electron chi connectivity index (χ1n) is 8.06. The van der Waals surface area contributed by atoms with E-state index in [2.05, 4.69) is 13.8 Å². The molecule has 2 aliphatic heterocycles. The van der Waals surface area contributed by atoms with Crippen LogP contribution in [0.25, 0.3) is 0 Å². The molecule has 18 heavy (non-hydrogen) atoms. The Hall–Kier alpha value is -0.0800. The van der Waals surface area contributed by atoms with Gasteiger partial charge in [0.25, 0.3) is 0 Å². The van der Waals surface area contributed by atoms with E-state index in [9.17, 15) is 0 Å². The van der Waals surface area contributed by atoms with Crippen LogP contribution in [0.3, 0.4) is 0 Å². The lowest BCUT2D eigenvalue weighted by Crippen LogP contribution is -2.43. The maximum Gasteiger partial charge on any atom is 0.0875 e. The van der Waals surface area contributed by atoms with Gasteiger partial charge in [-0.15, -0.1) is 0 Å². The molecule has 0 amide bonds. The summed E-state index contributed by atoms with van der Waals surface area (Å²) in [7, 11) is 0. The Morgan fingerprint density at radius 2 is 1.56 bits per heavy atom. The van der Waals surface area contributed by atoms with Crippen LogP contribution in [0, 0.1) is 47.3 Å². The van der Waals surface area contributed by atoms with Gasteiger partial charge >= 0.3 is 0 Å². The SMILES string of the molecule is CC1OC2CC1C1C3C(C)C(C4C3CC3OC34)C21. The van der Waals surface area contributed by atoms with Gasteiger partial charge in [-0.05, 0) is 67.1 Å². The first kappa shape index (κ1) is 9.77. The van der Waals surface area contributed by atoms with Gasteiger partial charge in [-0.25, -0.2) is 0 Å². The van der Waals surface area contributed by atoms with Crippen molar-refractivity contribution in [3.8, 4) is 0 Å². The summed E-state index contributed by atoms with van der Waals surface area (Å²) in [6.07, 6.45) is 5.29. The minimum Gasteiger partial charge on any atom is -0.375 e. The second kappa shape index (κ2) is 2.69. The summed E-state index contributed by atoms with van der Waals surface area (Å²) in [4.78, 5) is 0. The van der Waals surface area contributed by atoms with E-state index in [1.165, 1.54) is 12.8 Å². The molecule has 2 heterocycles. The summed E-state index contributed by atoms with van der Waals surface area (Å²) in [5, 5.41) is 0. The zero-order valence-corrected chi connectivity index (χ0v) is 11.2. The Labute approximate surface area is 108 Å². The molecule has 12 unspecified atom stereocenters. The van der Waals surface area contributed by atoms with Crippen LogP contribution in [0.15, 0.2) is 0 Å². The highest BCUT2D eigenvalue weighted by Gasteiger charge is 2.76. The van der Waals surface area contributed by atoms with Crippen molar-refractivity contribution in [2.75, 3.05) is 0 Å². The minimum absolute atomic E-state index is 0.549. The Kier molecular flexibility index (Phi) is 1.46. The van der Waals surface area contributed by atoms with Crippen LogP contribution in [0.2, 0.25) is 0 Å². The first-order chi connectivity index (χ1) is 8.75. The van der Waals surface area contributed by atoms with Gasteiger partial charge < -0.3 is 9.47 Å². The number of hydrogen-bond acceptors (Lipinski definition) is 2. The Balaban J connectivity index is 1.47. The van der Waals surface area contributed by atoms with Crippen LogP contribution >= 0.6 is 0 Å². The minimum atomic E-state index is 0.549. The molecule has 12 atom stereocenters. The van der Waals surface area contributed by atoms with Crippen LogP contribution < -0.4 is 0 Å². The molecule has 98 valence electrons. The van der Waals surface area contributed by atoms with Crippen molar-refractivity contribution in [1.82, 2.24) is 0 Å². The lowest BCUT2D eigenvalue weighted by molar-refractivity contribution is -0.0884. The third kappa shape index (κ3) is 0.816. The van der Waals surface area contributed by atoms with E-state index < -0.39 is 0 Å². The van der Waals surface area contributed by atoms with E-state index in [0.29, 0.717) is 24.4 Å². The first-order valence-corrected chi connectivity index (χ1v) is 8.06. The average Bonchev–Trinajstić information content (AvgIpc) is 2.74. The van der Waals surface area contributed by atoms with Crippen LogP contribution in [0.5, 0.6) is 0 Å². The highest BCUT2D eigenvalue weighted by molar-refractivity contribution is 5.22. The fourth-order valence-corrected chi connectivity index (χ4v) is 7.70. The topological polar surface area (TPSA) is 21.8 Å². The van der Waals surface area contributed by atoms with Gasteiger partial charge in [0.2, 0.25) is 0 Å². The van der Waals surface area contributed by atoms with Crippen LogP contribution in [0.4, 0.5) is 0 Å². The second-order valence-corrected chi connectivity index (χ2v) is 8.06. The number of rotatable bonds is 0. The molecule has 2 saturated heterocycles. The van der Waals surface area contributed by atoms with Gasteiger partial charge in [-0.3, -0.25) is 0 Å². The fraction of sp³-hybridized carbons (Fsp3) is 1.00. The average molecular weight is 246 g/mol. The molecule has 6 aliphatic rings. The highest BCUT2D eigenvalue weighted by Crippen LogP contribution is 2.75. The van der Waals surface area contributed by atoms with E-state index in [-0.39, 0.29) is 0 Å². The molecule has 4 saturated carbocycles. The van der Waals surface area contributed by atoms with Gasteiger partial charge in [0.05, 0.1) is 24.4 Å². The van der Waals surface area contributed by atoms with E-state index in [0.717, 1.165) is 47.3 Å². The van der Waals surface area contributed by atoms with Crippen molar-refractivity contribution in [1.29, 1.82) is 0 Å². The Morgan fingerprint density at radius 3 is 2.44 bits per heavy atom. The summed E-state index contributed by atoms with van der Waals surface area (Å²) in [6.45, 7) is 4.87. The van der Waals surface area contributed by atoms with Gasteiger partial charge in [0.1, 0.15) is 0 Å². The molecule has 0 spiro atoms. The molecule has 0 N–H and O–H groups in total. The number of epoxide rings is 1. The zero-order valence-electron chi connectivity index (χ0n) is 11.2. The molecule has 6 fully saturated rings. The van der Waals surface area contributed by atoms with Crippen LogP contribution in [-0.4, -0.2) is 24.4 Å². The summed E-state index contributed by atoms with van der Waals surface area (Å²) in [5.74, 6) is 7.73. The summed E-state index contributed by atoms with van der Waals surface area (Å²) in [5.41, 5.74) is 0. The van der Waals surface area contributed by atoms with Crippen molar-refractivity contribution >= 4 is 0 Å². The monoisotopic (exact) mass is 246 g/mol. The quantitative estimate of drug-likeness (QED) is 0.483. The molecule has 0 aromatic carbocycles. The van der Waals surface area contributed by atoms with E-state index in [1.807, 2.05) is 0 Å². The molecule has 2 nitrogen and oxygen atoms in total. The number of fused-ring (bicyclic) bond motifs is 14. The second-order valence-electron chi connectivity index (χ2n) is 8.06. The number of ether oxygens (including phenoxy) is 2. The summed E-state index contributed by atoms with van der Waals surface area (Å²) >= 11 is 0. The molecule has 4 aliphatic carbocycles. The smallest absolute Gasteiger partial charge is 0.0875 e. The Bertz CT molecular complexity index is 435. The summed E-state index contributed by atoms with van der Waals surface area (Å²) < 4.78 is 12.1. The molecular weight excluding hydrogens is 224 g/mol. The van der Waals surface area contributed by atoms with Crippen molar-refractivity contribution in [3.05, 3.63) is 0 Å². The fourth-order valence-electron chi connectivity index (χ4n) is 7.70. The molecule has 2 heteroatoms. The molecule has 0 aromatic heterocycles. The van der Waals surface area contributed by atoms with Gasteiger partial charge in [-0.2, -0.15) is 0 Å². The van der Waals surface area contributed by atoms with Gasteiger partial charge in [0, 0.05) is 0 Å². The zero-order chi connectivity index (χ0) is 11.8.